The molecular weight excluding hydrogens is 378 g/mol. The predicted molar refractivity (Wildman–Crippen MR) is 109 cm³/mol. The van der Waals surface area contributed by atoms with Gasteiger partial charge in [-0.3, -0.25) is 9.59 Å². The van der Waals surface area contributed by atoms with Gasteiger partial charge in [-0.25, -0.2) is 4.79 Å². The summed E-state index contributed by atoms with van der Waals surface area (Å²) in [5.41, 5.74) is 1.63. The molecule has 0 spiro atoms. The molecule has 0 aliphatic rings. The van der Waals surface area contributed by atoms with Crippen molar-refractivity contribution in [1.29, 1.82) is 0 Å². The number of nitrogens with one attached hydrogen (secondary N) is 1. The second-order valence-electron chi connectivity index (χ2n) is 5.97. The average molecular weight is 401 g/mol. The number of amides is 1. The Morgan fingerprint density at radius 2 is 1.96 bits per heavy atom. The van der Waals surface area contributed by atoms with Crippen molar-refractivity contribution in [1.82, 2.24) is 0 Å². The lowest BCUT2D eigenvalue weighted by molar-refractivity contribution is -0.118. The number of ketones is 1. The minimum absolute atomic E-state index is 0.178. The lowest BCUT2D eigenvalue weighted by atomic mass is 10.1. The Hall–Kier alpha value is -2.93. The van der Waals surface area contributed by atoms with Crippen LogP contribution in [0.1, 0.15) is 45.0 Å². The van der Waals surface area contributed by atoms with Crippen molar-refractivity contribution in [2.24, 2.45) is 0 Å². The third kappa shape index (κ3) is 5.07. The van der Waals surface area contributed by atoms with Crippen LogP contribution in [0.25, 0.3) is 0 Å². The smallest absolute Gasteiger partial charge is 0.341 e. The maximum Gasteiger partial charge on any atom is 0.341 e. The second kappa shape index (κ2) is 9.85. The molecule has 0 radical (unpaired) electrons. The second-order valence-corrected chi connectivity index (χ2v) is 6.99. The van der Waals surface area contributed by atoms with Crippen LogP contribution >= 0.6 is 11.3 Å². The summed E-state index contributed by atoms with van der Waals surface area (Å²) in [4.78, 5) is 36.9. The molecule has 2 aromatic rings. The molecule has 1 aromatic carbocycles. The number of hydrogen-bond acceptors (Lipinski definition) is 6. The van der Waals surface area contributed by atoms with E-state index in [1.165, 1.54) is 6.92 Å². The number of carbonyl (C=O) groups excluding carboxylic acids is 3. The Kier molecular flexibility index (Phi) is 7.52. The minimum atomic E-state index is -0.573. The normalized spacial score (nSPS) is 10.2. The van der Waals surface area contributed by atoms with Gasteiger partial charge in [0.15, 0.2) is 12.4 Å². The zero-order valence-electron chi connectivity index (χ0n) is 16.2. The maximum atomic E-state index is 12.4. The molecule has 0 bridgehead atoms. The molecule has 1 N–H and O–H groups in total. The Morgan fingerprint density at radius 1 is 1.25 bits per heavy atom. The van der Waals surface area contributed by atoms with Crippen LogP contribution in [0.15, 0.2) is 36.9 Å². The third-order valence-corrected chi connectivity index (χ3v) is 5.20. The van der Waals surface area contributed by atoms with E-state index in [4.69, 9.17) is 9.47 Å². The number of para-hydroxylation sites is 1. The lowest BCUT2D eigenvalue weighted by Gasteiger charge is -2.11. The quantitative estimate of drug-likeness (QED) is 0.387. The molecule has 2 rings (SSSR count). The van der Waals surface area contributed by atoms with Crippen molar-refractivity contribution in [3.63, 3.8) is 0 Å². The van der Waals surface area contributed by atoms with Crippen molar-refractivity contribution in [3.05, 3.63) is 58.5 Å². The third-order valence-electron chi connectivity index (χ3n) is 3.89. The minimum Gasteiger partial charge on any atom is -0.483 e. The fraction of sp³-hybridized carbons (Fsp3) is 0.286. The summed E-state index contributed by atoms with van der Waals surface area (Å²) in [5.74, 6) is -0.593. The van der Waals surface area contributed by atoms with Crippen LogP contribution < -0.4 is 10.1 Å². The SMILES string of the molecule is C=CCc1ccccc1OCC(=O)Nc1sc(C(C)=O)c(C)c1C(=O)OCC. The van der Waals surface area contributed by atoms with Crippen LogP contribution in [0.3, 0.4) is 0 Å². The highest BCUT2D eigenvalue weighted by Crippen LogP contribution is 2.34. The summed E-state index contributed by atoms with van der Waals surface area (Å²) in [5, 5.41) is 2.96. The van der Waals surface area contributed by atoms with Gasteiger partial charge < -0.3 is 14.8 Å². The number of allylic oxidation sites excluding steroid dienone is 1. The van der Waals surface area contributed by atoms with Gasteiger partial charge in [-0.1, -0.05) is 24.3 Å². The van der Waals surface area contributed by atoms with Gasteiger partial charge in [-0.2, -0.15) is 0 Å². The van der Waals surface area contributed by atoms with Crippen molar-refractivity contribution in [2.75, 3.05) is 18.5 Å². The first-order valence-corrected chi connectivity index (χ1v) is 9.63. The van der Waals surface area contributed by atoms with Crippen molar-refractivity contribution >= 4 is 34.0 Å². The van der Waals surface area contributed by atoms with E-state index in [0.29, 0.717) is 22.6 Å². The molecule has 0 fully saturated rings. The number of esters is 1. The van der Waals surface area contributed by atoms with Gasteiger partial charge in [0.05, 0.1) is 17.0 Å². The number of rotatable bonds is 9. The van der Waals surface area contributed by atoms with Gasteiger partial charge >= 0.3 is 5.97 Å². The summed E-state index contributed by atoms with van der Waals surface area (Å²) < 4.78 is 10.7. The molecule has 148 valence electrons. The van der Waals surface area contributed by atoms with E-state index >= 15 is 0 Å². The monoisotopic (exact) mass is 401 g/mol. The fourth-order valence-electron chi connectivity index (χ4n) is 2.66. The average Bonchev–Trinajstić information content (AvgIpc) is 2.97. The Morgan fingerprint density at radius 3 is 2.61 bits per heavy atom. The summed E-state index contributed by atoms with van der Waals surface area (Å²) >= 11 is 1.06. The van der Waals surface area contributed by atoms with Gasteiger partial charge in [0.2, 0.25) is 0 Å². The van der Waals surface area contributed by atoms with E-state index in [2.05, 4.69) is 11.9 Å². The molecule has 0 aliphatic heterocycles. The molecular formula is C21H23NO5S. The van der Waals surface area contributed by atoms with E-state index in [1.807, 2.05) is 18.2 Å². The van der Waals surface area contributed by atoms with Gasteiger partial charge in [0.1, 0.15) is 10.8 Å². The van der Waals surface area contributed by atoms with Gasteiger partial charge in [0.25, 0.3) is 5.91 Å². The van der Waals surface area contributed by atoms with Crippen molar-refractivity contribution < 1.29 is 23.9 Å². The first-order chi connectivity index (χ1) is 13.4. The van der Waals surface area contributed by atoms with E-state index in [-0.39, 0.29) is 29.6 Å². The molecule has 1 amide bonds. The molecule has 0 saturated heterocycles. The standard InChI is InChI=1S/C21H23NO5S/c1-5-9-15-10-7-8-11-16(15)27-12-17(24)22-20-18(21(25)26-6-2)13(3)19(28-20)14(4)23/h5,7-8,10-11H,1,6,9,12H2,2-4H3,(H,22,24). The molecule has 28 heavy (non-hydrogen) atoms. The van der Waals surface area contributed by atoms with Crippen LogP contribution in [0.4, 0.5) is 5.00 Å². The van der Waals surface area contributed by atoms with Crippen LogP contribution in [-0.2, 0) is 16.0 Å². The van der Waals surface area contributed by atoms with E-state index in [9.17, 15) is 14.4 Å². The summed E-state index contributed by atoms with van der Waals surface area (Å²) in [6, 6.07) is 7.38. The first-order valence-electron chi connectivity index (χ1n) is 8.81. The van der Waals surface area contributed by atoms with E-state index in [1.54, 1.807) is 26.0 Å². The van der Waals surface area contributed by atoms with E-state index in [0.717, 1.165) is 16.9 Å². The molecule has 0 unspecified atom stereocenters. The maximum absolute atomic E-state index is 12.4. The van der Waals surface area contributed by atoms with Crippen LogP contribution in [0.2, 0.25) is 0 Å². The molecule has 1 heterocycles. The van der Waals surface area contributed by atoms with Gasteiger partial charge in [-0.05, 0) is 44.4 Å². The summed E-state index contributed by atoms with van der Waals surface area (Å²) in [6.07, 6.45) is 2.38. The van der Waals surface area contributed by atoms with Crippen molar-refractivity contribution in [3.8, 4) is 5.75 Å². The summed E-state index contributed by atoms with van der Waals surface area (Å²) in [6.45, 7) is 8.44. The number of thiophene rings is 1. The lowest BCUT2D eigenvalue weighted by Crippen LogP contribution is -2.21. The molecule has 0 saturated carbocycles. The molecule has 0 aliphatic carbocycles. The number of Topliss-reactive ketones (excluding diaryl/α,β-unsaturated/α-hetero) is 1. The van der Waals surface area contributed by atoms with Crippen molar-refractivity contribution in [2.45, 2.75) is 27.2 Å². The van der Waals surface area contributed by atoms with Crippen LogP contribution in [0, 0.1) is 6.92 Å². The molecule has 1 aromatic heterocycles. The van der Waals surface area contributed by atoms with Gasteiger partial charge in [0, 0.05) is 0 Å². The van der Waals surface area contributed by atoms with Gasteiger partial charge in [-0.15, -0.1) is 17.9 Å². The fourth-order valence-corrected chi connectivity index (χ4v) is 3.77. The number of carbonyl (C=O) groups is 3. The molecule has 0 atom stereocenters. The number of hydrogen-bond donors (Lipinski definition) is 1. The zero-order valence-corrected chi connectivity index (χ0v) is 17.0. The summed E-state index contributed by atoms with van der Waals surface area (Å²) in [7, 11) is 0. The zero-order chi connectivity index (χ0) is 20.7. The molecule has 6 nitrogen and oxygen atoms in total. The highest BCUT2D eigenvalue weighted by Gasteiger charge is 2.25. The Bertz CT molecular complexity index is 900. The topological polar surface area (TPSA) is 81.7 Å². The molecule has 7 heteroatoms. The Balaban J connectivity index is 2.17. The largest absolute Gasteiger partial charge is 0.483 e. The predicted octanol–water partition coefficient (Wildman–Crippen LogP) is 4.18. The number of benzene rings is 1. The highest BCUT2D eigenvalue weighted by molar-refractivity contribution is 7.18. The van der Waals surface area contributed by atoms with E-state index < -0.39 is 11.9 Å². The highest BCUT2D eigenvalue weighted by atomic mass is 32.1. The number of ether oxygens (including phenoxy) is 2. The first kappa shape index (κ1) is 21.4. The Labute approximate surface area is 168 Å². The van der Waals surface area contributed by atoms with Crippen LogP contribution in [-0.4, -0.2) is 30.9 Å². The van der Waals surface area contributed by atoms with Crippen LogP contribution in [0.5, 0.6) is 5.75 Å². The number of anilines is 1.